The Labute approximate surface area is 218 Å². The zero-order valence-electron chi connectivity index (χ0n) is 20.3. The quantitative estimate of drug-likeness (QED) is 0.311. The van der Waals surface area contributed by atoms with Gasteiger partial charge < -0.3 is 10.3 Å². The number of aryl methyl sites for hydroxylation is 3. The first-order chi connectivity index (χ1) is 18.0. The zero-order valence-corrected chi connectivity index (χ0v) is 21.1. The van der Waals surface area contributed by atoms with Crippen LogP contribution in [-0.4, -0.2) is 35.2 Å². The summed E-state index contributed by atoms with van der Waals surface area (Å²) in [5.74, 6) is -0.297. The largest absolute Gasteiger partial charge is 0.350 e. The summed E-state index contributed by atoms with van der Waals surface area (Å²) in [4.78, 5) is 38.2. The van der Waals surface area contributed by atoms with Crippen molar-refractivity contribution in [2.24, 2.45) is 7.05 Å². The second-order valence-electron chi connectivity index (χ2n) is 8.88. The van der Waals surface area contributed by atoms with Crippen LogP contribution in [0.2, 0.25) is 5.02 Å². The van der Waals surface area contributed by atoms with Crippen LogP contribution in [0.25, 0.3) is 22.3 Å². The van der Waals surface area contributed by atoms with Crippen LogP contribution in [0.5, 0.6) is 0 Å². The molecule has 37 heavy (non-hydrogen) atoms. The van der Waals surface area contributed by atoms with Crippen LogP contribution in [0, 0.1) is 0 Å². The molecule has 0 radical (unpaired) electrons. The van der Waals surface area contributed by atoms with Gasteiger partial charge >= 0.3 is 0 Å². The average molecular weight is 516 g/mol. The van der Waals surface area contributed by atoms with Gasteiger partial charge in [-0.1, -0.05) is 41.9 Å². The maximum absolute atomic E-state index is 13.4. The van der Waals surface area contributed by atoms with Crippen molar-refractivity contribution in [2.75, 3.05) is 0 Å². The number of carbonyl (C=O) groups excluding carboxylic acids is 1. The fraction of sp³-hybridized carbons (Fsp3) is 0.222. The molecule has 0 spiro atoms. The molecule has 0 unspecified atom stereocenters. The highest BCUT2D eigenvalue weighted by Gasteiger charge is 2.16. The Balaban J connectivity index is 1.33. The number of aromatic nitrogens is 6. The Hall–Kier alpha value is -4.24. The van der Waals surface area contributed by atoms with Gasteiger partial charge in [0.1, 0.15) is 17.9 Å². The van der Waals surface area contributed by atoms with Gasteiger partial charge in [-0.3, -0.25) is 23.8 Å². The van der Waals surface area contributed by atoms with Gasteiger partial charge in [-0.25, -0.2) is 4.98 Å². The molecule has 0 aliphatic rings. The van der Waals surface area contributed by atoms with Crippen molar-refractivity contribution in [3.8, 4) is 11.3 Å². The molecule has 1 amide bonds. The van der Waals surface area contributed by atoms with Crippen LogP contribution in [0.15, 0.2) is 72.2 Å². The van der Waals surface area contributed by atoms with Gasteiger partial charge in [-0.05, 0) is 36.5 Å². The third-order valence-corrected chi connectivity index (χ3v) is 6.49. The number of pyridine rings is 1. The van der Waals surface area contributed by atoms with Gasteiger partial charge in [0.05, 0.1) is 23.1 Å². The lowest BCUT2D eigenvalue weighted by atomic mass is 10.1. The fourth-order valence-corrected chi connectivity index (χ4v) is 4.46. The van der Waals surface area contributed by atoms with Crippen LogP contribution in [0.1, 0.15) is 23.2 Å². The van der Waals surface area contributed by atoms with E-state index in [0.717, 1.165) is 23.8 Å². The van der Waals surface area contributed by atoms with Gasteiger partial charge in [0.2, 0.25) is 5.91 Å². The van der Waals surface area contributed by atoms with Gasteiger partial charge in [0.25, 0.3) is 5.56 Å². The number of hydrogen-bond acceptors (Lipinski definition) is 5. The fourth-order valence-electron chi connectivity index (χ4n) is 4.26. The van der Waals surface area contributed by atoms with Crippen LogP contribution in [0.4, 0.5) is 0 Å². The van der Waals surface area contributed by atoms with Crippen molar-refractivity contribution in [1.29, 1.82) is 0 Å². The molecule has 4 heterocycles. The molecule has 0 saturated carbocycles. The minimum absolute atomic E-state index is 0.141. The minimum Gasteiger partial charge on any atom is -0.350 e. The highest BCUT2D eigenvalue weighted by molar-refractivity contribution is 6.35. The van der Waals surface area contributed by atoms with Crippen LogP contribution >= 0.6 is 11.6 Å². The van der Waals surface area contributed by atoms with Gasteiger partial charge in [0.15, 0.2) is 0 Å². The molecular formula is C27H26ClN7O2. The molecular weight excluding hydrogens is 490 g/mol. The standard InChI is InChI=1S/C27H26ClN7O2/c1-34-16-20(13-33-34)24-15-29-23(9-5-8-18-6-3-2-4-7-18)27(37)35(24)17-25(36)30-11-19-10-21-22(28)14-32-26(21)31-12-19/h2-4,6-7,10,12-16H,5,8-9,11,17H2,1H3,(H,30,36)(H,31,32). The van der Waals surface area contributed by atoms with Crippen molar-refractivity contribution in [3.63, 3.8) is 0 Å². The molecule has 9 nitrogen and oxygen atoms in total. The Bertz CT molecular complexity index is 1600. The number of hydrogen-bond donors (Lipinski definition) is 2. The number of H-pyrrole nitrogens is 1. The third kappa shape index (κ3) is 5.62. The smallest absolute Gasteiger partial charge is 0.273 e. The second kappa shape index (κ2) is 10.8. The summed E-state index contributed by atoms with van der Waals surface area (Å²) in [5.41, 5.74) is 4.13. The number of benzene rings is 1. The molecule has 1 aromatic carbocycles. The predicted octanol–water partition coefficient (Wildman–Crippen LogP) is 3.67. The number of nitrogens with zero attached hydrogens (tertiary/aromatic N) is 5. The number of fused-ring (bicyclic) bond motifs is 1. The molecule has 5 rings (SSSR count). The van der Waals surface area contributed by atoms with Crippen molar-refractivity contribution < 1.29 is 4.79 Å². The van der Waals surface area contributed by atoms with E-state index in [1.54, 1.807) is 42.7 Å². The summed E-state index contributed by atoms with van der Waals surface area (Å²) < 4.78 is 3.12. The molecule has 0 bridgehead atoms. The van der Waals surface area contributed by atoms with E-state index in [9.17, 15) is 9.59 Å². The van der Waals surface area contributed by atoms with Crippen molar-refractivity contribution in [2.45, 2.75) is 32.4 Å². The van der Waals surface area contributed by atoms with Gasteiger partial charge in [-0.2, -0.15) is 5.10 Å². The highest BCUT2D eigenvalue weighted by atomic mass is 35.5. The predicted molar refractivity (Wildman–Crippen MR) is 142 cm³/mol. The van der Waals surface area contributed by atoms with Gasteiger partial charge in [0, 0.05) is 43.1 Å². The second-order valence-corrected chi connectivity index (χ2v) is 9.28. The highest BCUT2D eigenvalue weighted by Crippen LogP contribution is 2.22. The van der Waals surface area contributed by atoms with Crippen LogP contribution < -0.4 is 10.9 Å². The van der Waals surface area contributed by atoms with Crippen molar-refractivity contribution in [3.05, 3.63) is 99.6 Å². The molecule has 0 aliphatic carbocycles. The molecule has 2 N–H and O–H groups in total. The molecule has 0 saturated heterocycles. The molecule has 0 atom stereocenters. The monoisotopic (exact) mass is 515 g/mol. The summed E-state index contributed by atoms with van der Waals surface area (Å²) in [5, 5.41) is 8.45. The normalized spacial score (nSPS) is 11.2. The lowest BCUT2D eigenvalue weighted by Crippen LogP contribution is -2.34. The molecule has 5 aromatic rings. The number of aromatic amines is 1. The zero-order chi connectivity index (χ0) is 25.8. The Morgan fingerprint density at radius 1 is 1.08 bits per heavy atom. The number of carbonyl (C=O) groups is 1. The van der Waals surface area contributed by atoms with E-state index in [2.05, 4.69) is 37.5 Å². The van der Waals surface area contributed by atoms with Crippen LogP contribution in [0.3, 0.4) is 0 Å². The van der Waals surface area contributed by atoms with E-state index in [1.165, 1.54) is 10.1 Å². The number of rotatable bonds is 9. The molecule has 0 fully saturated rings. The first-order valence-corrected chi connectivity index (χ1v) is 12.4. The SMILES string of the molecule is Cn1cc(-c2cnc(CCCc3ccccc3)c(=O)n2CC(=O)NCc2cnc3[nH]cc(Cl)c3c2)cn1. The first kappa shape index (κ1) is 24.5. The lowest BCUT2D eigenvalue weighted by Gasteiger charge is -2.13. The minimum atomic E-state index is -0.297. The van der Waals surface area contributed by atoms with Crippen LogP contribution in [-0.2, 0) is 37.8 Å². The third-order valence-electron chi connectivity index (χ3n) is 6.18. The van der Waals surface area contributed by atoms with Crippen molar-refractivity contribution in [1.82, 2.24) is 34.6 Å². The number of nitrogens with one attached hydrogen (secondary N) is 2. The molecule has 4 aromatic heterocycles. The van der Waals surface area contributed by atoms with E-state index in [0.29, 0.717) is 34.0 Å². The summed E-state index contributed by atoms with van der Waals surface area (Å²) in [6.45, 7) is 0.118. The maximum atomic E-state index is 13.4. The molecule has 188 valence electrons. The van der Waals surface area contributed by atoms with E-state index in [1.807, 2.05) is 24.3 Å². The average Bonchev–Trinajstić information content (AvgIpc) is 3.50. The Morgan fingerprint density at radius 3 is 2.70 bits per heavy atom. The summed E-state index contributed by atoms with van der Waals surface area (Å²) in [6, 6.07) is 12.0. The molecule has 10 heteroatoms. The van der Waals surface area contributed by atoms with E-state index in [-0.39, 0.29) is 24.6 Å². The summed E-state index contributed by atoms with van der Waals surface area (Å²) in [7, 11) is 1.80. The Kier molecular flexibility index (Phi) is 7.14. The maximum Gasteiger partial charge on any atom is 0.273 e. The van der Waals surface area contributed by atoms with Gasteiger partial charge in [-0.15, -0.1) is 0 Å². The van der Waals surface area contributed by atoms with Crippen molar-refractivity contribution >= 4 is 28.5 Å². The summed E-state index contributed by atoms with van der Waals surface area (Å²) >= 11 is 6.19. The summed E-state index contributed by atoms with van der Waals surface area (Å²) in [6.07, 6.45) is 10.6. The van der Waals surface area contributed by atoms with E-state index in [4.69, 9.17) is 11.6 Å². The number of halogens is 1. The molecule has 0 aliphatic heterocycles. The first-order valence-electron chi connectivity index (χ1n) is 12.0. The van der Waals surface area contributed by atoms with E-state index < -0.39 is 0 Å². The lowest BCUT2D eigenvalue weighted by molar-refractivity contribution is -0.121. The number of amides is 1. The van der Waals surface area contributed by atoms with E-state index >= 15 is 0 Å². The topological polar surface area (TPSA) is 110 Å². The Morgan fingerprint density at radius 2 is 1.92 bits per heavy atom.